The number of halogens is 3. The van der Waals surface area contributed by atoms with Crippen LogP contribution in [0.2, 0.25) is 0 Å². The molecule has 58 valence electrons. The first-order valence-corrected chi connectivity index (χ1v) is 13.2. The summed E-state index contributed by atoms with van der Waals surface area (Å²) in [6, 6.07) is 0. The van der Waals surface area contributed by atoms with Crippen LogP contribution in [0, 0.1) is 0 Å². The van der Waals surface area contributed by atoms with Crippen molar-refractivity contribution in [3.63, 3.8) is 0 Å². The molecule has 0 aliphatic carbocycles. The second-order valence-electron chi connectivity index (χ2n) is 1.05. The summed E-state index contributed by atoms with van der Waals surface area (Å²) >= 11 is -2.98. The zero-order valence-electron chi connectivity index (χ0n) is 3.97. The van der Waals surface area contributed by atoms with Gasteiger partial charge in [-0.25, -0.2) is 0 Å². The van der Waals surface area contributed by atoms with Crippen LogP contribution >= 0.6 is 28.3 Å². The Hall–Kier alpha value is 3.34. The van der Waals surface area contributed by atoms with Crippen LogP contribution in [0.25, 0.3) is 0 Å². The van der Waals surface area contributed by atoms with Gasteiger partial charge in [0.2, 0.25) is 0 Å². The van der Waals surface area contributed by atoms with Crippen LogP contribution in [0.15, 0.2) is 0 Å². The summed E-state index contributed by atoms with van der Waals surface area (Å²) < 4.78 is 10.6. The van der Waals surface area contributed by atoms with Crippen molar-refractivity contribution < 1.29 is 17.1 Å². The van der Waals surface area contributed by atoms with Crippen LogP contribution in [-0.2, 0) is 23.7 Å². The molecule has 7 heteroatoms. The van der Waals surface area contributed by atoms with Crippen molar-refractivity contribution in [2.45, 2.75) is 0 Å². The Morgan fingerprint density at radius 1 is 1.44 bits per heavy atom. The second kappa shape index (κ2) is 6.82. The molecule has 0 amide bonds. The Kier molecular flexibility index (Phi) is 11.2. The fourth-order valence-corrected chi connectivity index (χ4v) is 10.7. The SMILES string of the molecule is CS(=O)[CH2][Pt]([Cl])([Cl])[Cl].[KH]. The first kappa shape index (κ1) is 14.8. The van der Waals surface area contributed by atoms with Gasteiger partial charge in [0.1, 0.15) is 0 Å². The van der Waals surface area contributed by atoms with Crippen LogP contribution in [0.1, 0.15) is 0 Å². The number of rotatable bonds is 2. The van der Waals surface area contributed by atoms with Crippen LogP contribution in [-0.4, -0.2) is 66.0 Å². The summed E-state index contributed by atoms with van der Waals surface area (Å²) in [5.74, 6) is 0. The zero-order chi connectivity index (χ0) is 6.78. The topological polar surface area (TPSA) is 17.1 Å². The van der Waals surface area contributed by atoms with E-state index in [-0.39, 0.29) is 55.5 Å². The molecule has 0 spiro atoms. The van der Waals surface area contributed by atoms with Crippen molar-refractivity contribution >= 4 is 90.4 Å². The maximum absolute atomic E-state index is 10.4. The zero-order valence-corrected chi connectivity index (χ0v) is 9.33. The van der Waals surface area contributed by atoms with E-state index in [9.17, 15) is 4.21 Å². The summed E-state index contributed by atoms with van der Waals surface area (Å²) in [7, 11) is 15.4. The third-order valence-electron chi connectivity index (χ3n) is 0.232. The van der Waals surface area contributed by atoms with Gasteiger partial charge in [-0.05, 0) is 0 Å². The van der Waals surface area contributed by atoms with Crippen LogP contribution in [0.4, 0.5) is 0 Å². The molecular weight excluding hydrogens is 413 g/mol. The Labute approximate surface area is 115 Å². The van der Waals surface area contributed by atoms with Gasteiger partial charge in [-0.1, -0.05) is 0 Å². The molecule has 1 atom stereocenters. The van der Waals surface area contributed by atoms with Crippen molar-refractivity contribution in [2.24, 2.45) is 0 Å². The van der Waals surface area contributed by atoms with E-state index in [4.69, 9.17) is 28.3 Å². The Morgan fingerprint density at radius 2 is 1.78 bits per heavy atom. The van der Waals surface area contributed by atoms with Gasteiger partial charge < -0.3 is 0 Å². The van der Waals surface area contributed by atoms with Crippen molar-refractivity contribution in [1.82, 2.24) is 0 Å². The van der Waals surface area contributed by atoms with Crippen LogP contribution in [0.5, 0.6) is 0 Å². The first-order valence-electron chi connectivity index (χ1n) is 1.45. The number of hydrogen-bond acceptors (Lipinski definition) is 1. The van der Waals surface area contributed by atoms with Crippen molar-refractivity contribution in [3.05, 3.63) is 0 Å². The third kappa shape index (κ3) is 14.2. The molecular formula is C2H6Cl3KOPtS. The number of hydrogen-bond donors (Lipinski definition) is 0. The Bertz CT molecular complexity index is 104. The van der Waals surface area contributed by atoms with Gasteiger partial charge >= 0.3 is 118 Å². The van der Waals surface area contributed by atoms with Crippen molar-refractivity contribution in [2.75, 3.05) is 10.4 Å². The maximum atomic E-state index is 10.4. The molecule has 0 fully saturated rings. The van der Waals surface area contributed by atoms with Gasteiger partial charge in [0.05, 0.1) is 0 Å². The van der Waals surface area contributed by atoms with Gasteiger partial charge in [0.25, 0.3) is 0 Å². The Balaban J connectivity index is 0. The molecule has 0 heterocycles. The summed E-state index contributed by atoms with van der Waals surface area (Å²) in [5.41, 5.74) is 0. The molecule has 0 aliphatic rings. The van der Waals surface area contributed by atoms with Crippen molar-refractivity contribution in [1.29, 1.82) is 0 Å². The molecule has 0 aliphatic heterocycles. The predicted octanol–water partition coefficient (Wildman–Crippen LogP) is 1.29. The summed E-state index contributed by atoms with van der Waals surface area (Å²) in [6.45, 7) is 0. The molecule has 0 saturated carbocycles. The standard InChI is InChI=1S/C2H5OS.3ClH.K.Pt.H/c1-4(2)3;;;;;;/h1H2,2H3;3*1H;;;/q;;;;;+3;/p-3. The van der Waals surface area contributed by atoms with E-state index in [0.717, 1.165) is 0 Å². The van der Waals surface area contributed by atoms with E-state index in [1.54, 1.807) is 0 Å². The minimum atomic E-state index is -2.98. The quantitative estimate of drug-likeness (QED) is 0.618. The molecule has 0 aromatic rings. The molecule has 0 bridgehead atoms. The third-order valence-corrected chi connectivity index (χ3v) is 10.8. The fourth-order valence-electron chi connectivity index (χ4n) is 0.146. The van der Waals surface area contributed by atoms with Gasteiger partial charge in [-0.15, -0.1) is 0 Å². The van der Waals surface area contributed by atoms with E-state index in [0.29, 0.717) is 0 Å². The molecule has 1 nitrogen and oxygen atoms in total. The van der Waals surface area contributed by atoms with Crippen LogP contribution < -0.4 is 0 Å². The summed E-state index contributed by atoms with van der Waals surface area (Å²) in [5, 5.41) is 0. The monoisotopic (exact) mass is 417 g/mol. The minimum absolute atomic E-state index is 0. The molecule has 0 aromatic heterocycles. The fraction of sp³-hybridized carbons (Fsp3) is 1.00. The van der Waals surface area contributed by atoms with E-state index in [1.165, 1.54) is 6.26 Å². The molecule has 0 rings (SSSR count). The van der Waals surface area contributed by atoms with E-state index < -0.39 is 23.7 Å². The van der Waals surface area contributed by atoms with Gasteiger partial charge in [0.15, 0.2) is 0 Å². The average Bonchev–Trinajstić information content (AvgIpc) is 1.21. The molecule has 9 heavy (non-hydrogen) atoms. The molecule has 0 radical (unpaired) electrons. The van der Waals surface area contributed by atoms with Crippen molar-refractivity contribution in [3.8, 4) is 0 Å². The van der Waals surface area contributed by atoms with E-state index in [1.807, 2.05) is 0 Å². The predicted molar refractivity (Wildman–Crippen MR) is 43.6 cm³/mol. The molecule has 1 unspecified atom stereocenters. The van der Waals surface area contributed by atoms with E-state index >= 15 is 0 Å². The summed E-state index contributed by atoms with van der Waals surface area (Å²) in [4.78, 5) is 0. The van der Waals surface area contributed by atoms with Gasteiger partial charge in [-0.2, -0.15) is 0 Å². The average molecular weight is 419 g/mol. The first-order chi connectivity index (χ1) is 3.42. The van der Waals surface area contributed by atoms with Crippen LogP contribution in [0.3, 0.4) is 0 Å². The molecule has 0 saturated heterocycles. The molecule has 0 N–H and O–H groups in total. The molecule has 0 aromatic carbocycles. The summed E-state index contributed by atoms with van der Waals surface area (Å²) in [6.07, 6.45) is 1.53. The normalized spacial score (nSPS) is 16.0. The second-order valence-corrected chi connectivity index (χ2v) is 20.2. The van der Waals surface area contributed by atoms with E-state index in [2.05, 4.69) is 0 Å². The van der Waals surface area contributed by atoms with Gasteiger partial charge in [-0.3, -0.25) is 0 Å². The Morgan fingerprint density at radius 3 is 1.78 bits per heavy atom. The van der Waals surface area contributed by atoms with Gasteiger partial charge in [0, 0.05) is 0 Å².